The van der Waals surface area contributed by atoms with Crippen molar-refractivity contribution in [3.63, 3.8) is 0 Å². The van der Waals surface area contributed by atoms with Crippen molar-refractivity contribution in [1.29, 1.82) is 0 Å². The highest BCUT2D eigenvalue weighted by Crippen LogP contribution is 2.13. The van der Waals surface area contributed by atoms with Gasteiger partial charge in [0.15, 0.2) is 5.78 Å². The van der Waals surface area contributed by atoms with Crippen molar-refractivity contribution in [3.05, 3.63) is 59.7 Å². The van der Waals surface area contributed by atoms with Gasteiger partial charge >= 0.3 is 0 Å². The SMILES string of the molecule is CC(=O)c1ccc(NC(=O)CCCOc2ccc(C)cc2)cc1. The molecule has 2 aromatic rings. The number of hydrogen-bond donors (Lipinski definition) is 1. The average molecular weight is 311 g/mol. The molecule has 1 amide bonds. The van der Waals surface area contributed by atoms with Crippen LogP contribution in [0.2, 0.25) is 0 Å². The third kappa shape index (κ3) is 5.58. The summed E-state index contributed by atoms with van der Waals surface area (Å²) in [5.74, 6) is 0.764. The van der Waals surface area contributed by atoms with E-state index < -0.39 is 0 Å². The van der Waals surface area contributed by atoms with Crippen molar-refractivity contribution in [2.75, 3.05) is 11.9 Å². The molecule has 0 fully saturated rings. The van der Waals surface area contributed by atoms with Gasteiger partial charge in [0.1, 0.15) is 5.75 Å². The van der Waals surface area contributed by atoms with E-state index in [2.05, 4.69) is 5.32 Å². The zero-order chi connectivity index (χ0) is 16.7. The van der Waals surface area contributed by atoms with Gasteiger partial charge in [0.25, 0.3) is 0 Å². The summed E-state index contributed by atoms with van der Waals surface area (Å²) in [7, 11) is 0. The first-order chi connectivity index (χ1) is 11.0. The van der Waals surface area contributed by atoms with Crippen LogP contribution in [0.4, 0.5) is 5.69 Å². The minimum Gasteiger partial charge on any atom is -0.494 e. The standard InChI is InChI=1S/C19H21NO3/c1-14-5-11-18(12-6-14)23-13-3-4-19(22)20-17-9-7-16(8-10-17)15(2)21/h5-12H,3-4,13H2,1-2H3,(H,20,22). The minimum absolute atomic E-state index is 0.0103. The lowest BCUT2D eigenvalue weighted by atomic mass is 10.1. The zero-order valence-corrected chi connectivity index (χ0v) is 13.5. The van der Waals surface area contributed by atoms with Gasteiger partial charge in [0.2, 0.25) is 5.91 Å². The largest absolute Gasteiger partial charge is 0.494 e. The molecule has 0 atom stereocenters. The van der Waals surface area contributed by atoms with Crippen LogP contribution in [0.5, 0.6) is 5.75 Å². The Bertz CT molecular complexity index is 660. The first-order valence-electron chi connectivity index (χ1n) is 7.65. The maximum absolute atomic E-state index is 11.9. The third-order valence-electron chi connectivity index (χ3n) is 3.41. The molecule has 4 heteroatoms. The van der Waals surface area contributed by atoms with Gasteiger partial charge in [-0.15, -0.1) is 0 Å². The van der Waals surface area contributed by atoms with E-state index in [1.54, 1.807) is 24.3 Å². The average Bonchev–Trinajstić information content (AvgIpc) is 2.54. The van der Waals surface area contributed by atoms with Crippen LogP contribution in [-0.4, -0.2) is 18.3 Å². The van der Waals surface area contributed by atoms with Gasteiger partial charge in [-0.05, 0) is 56.7 Å². The molecule has 0 spiro atoms. The van der Waals surface area contributed by atoms with Crippen LogP contribution >= 0.6 is 0 Å². The Hall–Kier alpha value is -2.62. The second kappa shape index (κ2) is 8.13. The van der Waals surface area contributed by atoms with Gasteiger partial charge in [-0.25, -0.2) is 0 Å². The van der Waals surface area contributed by atoms with E-state index in [4.69, 9.17) is 4.74 Å². The zero-order valence-electron chi connectivity index (χ0n) is 13.5. The number of carbonyl (C=O) groups excluding carboxylic acids is 2. The number of hydrogen-bond acceptors (Lipinski definition) is 3. The minimum atomic E-state index is -0.0620. The Morgan fingerprint density at radius 3 is 2.26 bits per heavy atom. The molecule has 4 nitrogen and oxygen atoms in total. The summed E-state index contributed by atoms with van der Waals surface area (Å²) in [6, 6.07) is 14.7. The molecular weight excluding hydrogens is 290 g/mol. The maximum Gasteiger partial charge on any atom is 0.224 e. The van der Waals surface area contributed by atoms with Gasteiger partial charge in [0.05, 0.1) is 6.61 Å². The molecule has 0 aromatic heterocycles. The van der Waals surface area contributed by atoms with E-state index in [0.717, 1.165) is 5.75 Å². The molecule has 1 N–H and O–H groups in total. The van der Waals surface area contributed by atoms with Crippen LogP contribution in [0.25, 0.3) is 0 Å². The van der Waals surface area contributed by atoms with Crippen molar-refractivity contribution in [2.24, 2.45) is 0 Å². The van der Waals surface area contributed by atoms with E-state index >= 15 is 0 Å². The van der Waals surface area contributed by atoms with Gasteiger partial charge in [-0.1, -0.05) is 17.7 Å². The molecule has 120 valence electrons. The topological polar surface area (TPSA) is 55.4 Å². The fourth-order valence-corrected chi connectivity index (χ4v) is 2.07. The van der Waals surface area contributed by atoms with E-state index in [9.17, 15) is 9.59 Å². The summed E-state index contributed by atoms with van der Waals surface area (Å²) in [5.41, 5.74) is 2.52. The maximum atomic E-state index is 11.9. The second-order valence-corrected chi connectivity index (χ2v) is 5.45. The first kappa shape index (κ1) is 16.7. The van der Waals surface area contributed by atoms with Crippen molar-refractivity contribution in [2.45, 2.75) is 26.7 Å². The van der Waals surface area contributed by atoms with E-state index in [0.29, 0.717) is 30.7 Å². The molecule has 0 aliphatic rings. The molecule has 0 aliphatic carbocycles. The van der Waals surface area contributed by atoms with Crippen LogP contribution in [0.1, 0.15) is 35.7 Å². The van der Waals surface area contributed by atoms with Crippen LogP contribution in [0, 0.1) is 6.92 Å². The summed E-state index contributed by atoms with van der Waals surface area (Å²) < 4.78 is 5.59. The molecule has 0 aliphatic heterocycles. The summed E-state index contributed by atoms with van der Waals surface area (Å²) >= 11 is 0. The van der Waals surface area contributed by atoms with Crippen molar-refractivity contribution >= 4 is 17.4 Å². The molecule has 0 radical (unpaired) electrons. The molecule has 0 heterocycles. The number of aryl methyl sites for hydroxylation is 1. The van der Waals surface area contributed by atoms with Crippen molar-refractivity contribution in [1.82, 2.24) is 0 Å². The number of Topliss-reactive ketones (excluding diaryl/α,β-unsaturated/α-hetero) is 1. The van der Waals surface area contributed by atoms with Gasteiger partial charge < -0.3 is 10.1 Å². The Morgan fingerprint density at radius 2 is 1.65 bits per heavy atom. The third-order valence-corrected chi connectivity index (χ3v) is 3.41. The lowest BCUT2D eigenvalue weighted by Gasteiger charge is -2.07. The van der Waals surface area contributed by atoms with Gasteiger partial charge in [0, 0.05) is 17.7 Å². The molecule has 0 bridgehead atoms. The highest BCUT2D eigenvalue weighted by Gasteiger charge is 2.04. The van der Waals surface area contributed by atoms with Crippen LogP contribution in [-0.2, 0) is 4.79 Å². The summed E-state index contributed by atoms with van der Waals surface area (Å²) in [5, 5.41) is 2.81. The van der Waals surface area contributed by atoms with Crippen LogP contribution in [0.15, 0.2) is 48.5 Å². The quantitative estimate of drug-likeness (QED) is 0.621. The van der Waals surface area contributed by atoms with Gasteiger partial charge in [-0.2, -0.15) is 0 Å². The Morgan fingerprint density at radius 1 is 1.00 bits per heavy atom. The predicted octanol–water partition coefficient (Wildman–Crippen LogP) is 4.00. The molecule has 0 saturated carbocycles. The monoisotopic (exact) mass is 311 g/mol. The van der Waals surface area contributed by atoms with Crippen LogP contribution < -0.4 is 10.1 Å². The van der Waals surface area contributed by atoms with E-state index in [-0.39, 0.29) is 11.7 Å². The Balaban J connectivity index is 1.70. The first-order valence-corrected chi connectivity index (χ1v) is 7.65. The molecule has 0 unspecified atom stereocenters. The Kier molecular flexibility index (Phi) is 5.92. The van der Waals surface area contributed by atoms with Crippen molar-refractivity contribution < 1.29 is 14.3 Å². The fraction of sp³-hybridized carbons (Fsp3) is 0.263. The lowest BCUT2D eigenvalue weighted by molar-refractivity contribution is -0.116. The number of anilines is 1. The van der Waals surface area contributed by atoms with E-state index in [1.807, 2.05) is 31.2 Å². The fourth-order valence-electron chi connectivity index (χ4n) is 2.07. The molecule has 0 saturated heterocycles. The highest BCUT2D eigenvalue weighted by molar-refractivity contribution is 5.95. The second-order valence-electron chi connectivity index (χ2n) is 5.45. The number of benzene rings is 2. The lowest BCUT2D eigenvalue weighted by Crippen LogP contribution is -2.12. The summed E-state index contributed by atoms with van der Waals surface area (Å²) in [6.07, 6.45) is 1.03. The van der Waals surface area contributed by atoms with Crippen molar-refractivity contribution in [3.8, 4) is 5.75 Å². The molecule has 2 aromatic carbocycles. The molecular formula is C19H21NO3. The van der Waals surface area contributed by atoms with E-state index in [1.165, 1.54) is 12.5 Å². The number of amides is 1. The number of ketones is 1. The smallest absolute Gasteiger partial charge is 0.224 e. The normalized spacial score (nSPS) is 10.2. The number of ether oxygens (including phenoxy) is 1. The number of carbonyl (C=O) groups is 2. The van der Waals surface area contributed by atoms with Gasteiger partial charge in [-0.3, -0.25) is 9.59 Å². The summed E-state index contributed by atoms with van der Waals surface area (Å²) in [6.45, 7) is 4.04. The molecule has 23 heavy (non-hydrogen) atoms. The number of rotatable bonds is 7. The molecule has 2 rings (SSSR count). The van der Waals surface area contributed by atoms with Crippen LogP contribution in [0.3, 0.4) is 0 Å². The summed E-state index contributed by atoms with van der Waals surface area (Å²) in [4.78, 5) is 23.0. The highest BCUT2D eigenvalue weighted by atomic mass is 16.5. The predicted molar refractivity (Wildman–Crippen MR) is 91.0 cm³/mol. The Labute approximate surface area is 136 Å². The number of nitrogens with one attached hydrogen (secondary N) is 1.